The maximum absolute atomic E-state index is 12.7. The first kappa shape index (κ1) is 18.0. The Bertz CT molecular complexity index is 822. The number of carbonyl (C=O) groups excluding carboxylic acids is 2. The summed E-state index contributed by atoms with van der Waals surface area (Å²) < 4.78 is 5.15. The number of thioether (sulfide) groups is 1. The van der Waals surface area contributed by atoms with Gasteiger partial charge in [-0.3, -0.25) is 14.5 Å². The molecule has 0 spiro atoms. The van der Waals surface area contributed by atoms with Crippen molar-refractivity contribution >= 4 is 34.4 Å². The van der Waals surface area contributed by atoms with Gasteiger partial charge in [-0.1, -0.05) is 42.1 Å². The van der Waals surface area contributed by atoms with Gasteiger partial charge in [0.25, 0.3) is 0 Å². The number of nitrogens with two attached hydrogens (primary N) is 1. The first-order valence-corrected chi connectivity index (χ1v) is 8.98. The smallest absolute Gasteiger partial charge is 0.242 e. The molecule has 2 aromatic carbocycles. The molecule has 1 aliphatic heterocycles. The quantitative estimate of drug-likeness (QED) is 0.848. The molecule has 1 atom stereocenters. The second kappa shape index (κ2) is 8.05. The Morgan fingerprint density at radius 3 is 2.50 bits per heavy atom. The highest BCUT2D eigenvalue weighted by molar-refractivity contribution is 8.15. The molecule has 0 aliphatic carbocycles. The number of methoxy groups -OCH3 is 1. The Balaban J connectivity index is 1.88. The molecule has 1 saturated heterocycles. The summed E-state index contributed by atoms with van der Waals surface area (Å²) in [6, 6.07) is 16.9. The minimum Gasteiger partial charge on any atom is -0.497 e. The molecule has 2 amide bonds. The molecule has 3 rings (SSSR count). The van der Waals surface area contributed by atoms with Crippen molar-refractivity contribution in [1.82, 2.24) is 4.90 Å². The molecule has 134 valence electrons. The van der Waals surface area contributed by atoms with Crippen LogP contribution in [0.1, 0.15) is 12.0 Å². The van der Waals surface area contributed by atoms with Crippen molar-refractivity contribution in [2.45, 2.75) is 18.2 Å². The zero-order valence-corrected chi connectivity index (χ0v) is 15.1. The molecular weight excluding hydrogens is 350 g/mol. The number of ether oxygens (including phenoxy) is 1. The second-order valence-electron chi connectivity index (χ2n) is 5.78. The lowest BCUT2D eigenvalue weighted by Crippen LogP contribution is -2.33. The summed E-state index contributed by atoms with van der Waals surface area (Å²) in [6.07, 6.45) is -0.00355. The molecule has 7 heteroatoms. The van der Waals surface area contributed by atoms with E-state index < -0.39 is 11.2 Å². The summed E-state index contributed by atoms with van der Waals surface area (Å²) in [4.78, 5) is 30.2. The van der Waals surface area contributed by atoms with E-state index in [1.165, 1.54) is 11.8 Å². The fourth-order valence-electron chi connectivity index (χ4n) is 2.59. The lowest BCUT2D eigenvalue weighted by molar-refractivity contribution is -0.128. The Hall–Kier alpha value is -2.80. The summed E-state index contributed by atoms with van der Waals surface area (Å²) in [5.41, 5.74) is 6.98. The molecule has 1 fully saturated rings. The second-order valence-corrected chi connectivity index (χ2v) is 6.95. The van der Waals surface area contributed by atoms with Crippen molar-refractivity contribution in [3.8, 4) is 5.75 Å². The van der Waals surface area contributed by atoms with Gasteiger partial charge in [-0.2, -0.15) is 0 Å². The van der Waals surface area contributed by atoms with Gasteiger partial charge in [0.15, 0.2) is 5.17 Å². The summed E-state index contributed by atoms with van der Waals surface area (Å²) in [5.74, 6) is 0.0861. The molecule has 1 heterocycles. The highest BCUT2D eigenvalue weighted by atomic mass is 32.2. The number of amidine groups is 1. The van der Waals surface area contributed by atoms with Crippen LogP contribution in [0.15, 0.2) is 59.6 Å². The number of carbonyl (C=O) groups is 2. The van der Waals surface area contributed by atoms with E-state index in [1.807, 2.05) is 54.6 Å². The topological polar surface area (TPSA) is 85.0 Å². The molecule has 2 aromatic rings. The summed E-state index contributed by atoms with van der Waals surface area (Å²) >= 11 is 1.27. The van der Waals surface area contributed by atoms with Crippen molar-refractivity contribution in [2.24, 2.45) is 10.7 Å². The van der Waals surface area contributed by atoms with Gasteiger partial charge in [0.05, 0.1) is 19.3 Å². The van der Waals surface area contributed by atoms with Crippen LogP contribution in [0.25, 0.3) is 0 Å². The van der Waals surface area contributed by atoms with E-state index in [1.54, 1.807) is 12.0 Å². The molecule has 1 aliphatic rings. The van der Waals surface area contributed by atoms with Crippen molar-refractivity contribution in [3.63, 3.8) is 0 Å². The summed E-state index contributed by atoms with van der Waals surface area (Å²) in [5, 5.41) is 0.0310. The van der Waals surface area contributed by atoms with Crippen LogP contribution in [0.4, 0.5) is 5.69 Å². The molecule has 0 aromatic heterocycles. The number of hydrogen-bond donors (Lipinski definition) is 1. The fourth-order valence-corrected chi connectivity index (χ4v) is 3.76. The third kappa shape index (κ3) is 4.23. The van der Waals surface area contributed by atoms with E-state index in [2.05, 4.69) is 4.99 Å². The Labute approximate surface area is 156 Å². The van der Waals surface area contributed by atoms with Gasteiger partial charge in [0, 0.05) is 6.42 Å². The highest BCUT2D eigenvalue weighted by Gasteiger charge is 2.38. The van der Waals surface area contributed by atoms with E-state index in [-0.39, 0.29) is 12.3 Å². The third-order valence-electron chi connectivity index (χ3n) is 3.89. The van der Waals surface area contributed by atoms with Gasteiger partial charge in [0.1, 0.15) is 11.0 Å². The Morgan fingerprint density at radius 2 is 1.88 bits per heavy atom. The summed E-state index contributed by atoms with van der Waals surface area (Å²) in [7, 11) is 1.60. The van der Waals surface area contributed by atoms with Gasteiger partial charge in [-0.05, 0) is 29.8 Å². The molecule has 26 heavy (non-hydrogen) atoms. The van der Waals surface area contributed by atoms with Gasteiger partial charge in [-0.25, -0.2) is 4.99 Å². The van der Waals surface area contributed by atoms with Crippen LogP contribution < -0.4 is 10.5 Å². The summed E-state index contributed by atoms with van der Waals surface area (Å²) in [6.45, 7) is 0.400. The van der Waals surface area contributed by atoms with Crippen LogP contribution in [-0.2, 0) is 16.1 Å². The zero-order chi connectivity index (χ0) is 18.5. The van der Waals surface area contributed by atoms with Crippen LogP contribution in [0.3, 0.4) is 0 Å². The predicted molar refractivity (Wildman–Crippen MR) is 102 cm³/mol. The first-order valence-electron chi connectivity index (χ1n) is 8.10. The van der Waals surface area contributed by atoms with E-state index in [0.717, 1.165) is 11.3 Å². The zero-order valence-electron chi connectivity index (χ0n) is 14.3. The molecule has 0 saturated carbocycles. The molecule has 2 N–H and O–H groups in total. The number of aliphatic imine (C=N–C) groups is 1. The minimum absolute atomic E-state index is 0.00355. The van der Waals surface area contributed by atoms with Crippen molar-refractivity contribution < 1.29 is 14.3 Å². The van der Waals surface area contributed by atoms with Crippen LogP contribution in [0, 0.1) is 0 Å². The van der Waals surface area contributed by atoms with Gasteiger partial charge < -0.3 is 10.5 Å². The average molecular weight is 369 g/mol. The molecule has 0 radical (unpaired) electrons. The van der Waals surface area contributed by atoms with E-state index in [0.29, 0.717) is 17.4 Å². The minimum atomic E-state index is -0.534. The predicted octanol–water partition coefficient (Wildman–Crippen LogP) is 2.70. The normalized spacial score (nSPS) is 18.3. The Kier molecular flexibility index (Phi) is 5.58. The van der Waals surface area contributed by atoms with Crippen LogP contribution in [0.5, 0.6) is 5.75 Å². The van der Waals surface area contributed by atoms with Crippen molar-refractivity contribution in [3.05, 3.63) is 60.2 Å². The van der Waals surface area contributed by atoms with Crippen LogP contribution >= 0.6 is 11.8 Å². The van der Waals surface area contributed by atoms with Gasteiger partial charge in [0.2, 0.25) is 11.8 Å². The number of hydrogen-bond acceptors (Lipinski definition) is 5. The molecule has 6 nitrogen and oxygen atoms in total. The van der Waals surface area contributed by atoms with Gasteiger partial charge >= 0.3 is 0 Å². The number of benzene rings is 2. The SMILES string of the molecule is COc1ccc(N=C2SC(CC(N)=O)C(=O)N2Cc2ccccc2)cc1. The van der Waals surface area contributed by atoms with E-state index in [9.17, 15) is 9.59 Å². The molecule has 0 bridgehead atoms. The average Bonchev–Trinajstić information content (AvgIpc) is 2.91. The van der Waals surface area contributed by atoms with Crippen LogP contribution in [-0.4, -0.2) is 34.2 Å². The maximum atomic E-state index is 12.7. The molecule has 1 unspecified atom stereocenters. The van der Waals surface area contributed by atoms with Crippen molar-refractivity contribution in [2.75, 3.05) is 7.11 Å². The standard InChI is InChI=1S/C19H19N3O3S/c1-25-15-9-7-14(8-10-15)21-19-22(12-13-5-3-2-4-6-13)18(24)16(26-19)11-17(20)23/h2-10,16H,11-12H2,1H3,(H2,20,23). The highest BCUT2D eigenvalue weighted by Crippen LogP contribution is 2.33. The third-order valence-corrected chi connectivity index (χ3v) is 5.06. The van der Waals surface area contributed by atoms with Gasteiger partial charge in [-0.15, -0.1) is 0 Å². The van der Waals surface area contributed by atoms with Crippen LogP contribution in [0.2, 0.25) is 0 Å². The lowest BCUT2D eigenvalue weighted by Gasteiger charge is -2.16. The maximum Gasteiger partial charge on any atom is 0.242 e. The number of amides is 2. The Morgan fingerprint density at radius 1 is 1.19 bits per heavy atom. The largest absolute Gasteiger partial charge is 0.497 e. The number of rotatable bonds is 6. The fraction of sp³-hybridized carbons (Fsp3) is 0.211. The number of nitrogens with zero attached hydrogens (tertiary/aromatic N) is 2. The lowest BCUT2D eigenvalue weighted by atomic mass is 10.2. The van der Waals surface area contributed by atoms with Crippen molar-refractivity contribution in [1.29, 1.82) is 0 Å². The first-order chi connectivity index (χ1) is 12.6. The van der Waals surface area contributed by atoms with E-state index in [4.69, 9.17) is 10.5 Å². The number of primary amides is 1. The van der Waals surface area contributed by atoms with E-state index >= 15 is 0 Å². The monoisotopic (exact) mass is 369 g/mol. The molecular formula is C19H19N3O3S.